The lowest BCUT2D eigenvalue weighted by atomic mass is 10.2. The Balaban J connectivity index is 1.72. The molecule has 0 atom stereocenters. The van der Waals surface area contributed by atoms with Gasteiger partial charge >= 0.3 is 0 Å². The molecule has 0 radical (unpaired) electrons. The van der Waals surface area contributed by atoms with Gasteiger partial charge in [-0.15, -0.1) is 0 Å². The second-order valence-corrected chi connectivity index (χ2v) is 8.64. The maximum atomic E-state index is 12.5. The van der Waals surface area contributed by atoms with Crippen LogP contribution >= 0.6 is 15.9 Å². The van der Waals surface area contributed by atoms with Crippen LogP contribution in [0.25, 0.3) is 0 Å². The van der Waals surface area contributed by atoms with E-state index in [4.69, 9.17) is 4.74 Å². The Morgan fingerprint density at radius 3 is 2.50 bits per heavy atom. The standard InChI is InChI=1S/C18H19BrN2O4S/c1-25-14-6-2-12(3-7-14)11-20-18(22)16-10-15(8-9-17(16)19)26(23,24)21-13-4-5-13/h2-3,6-10,13,21H,4-5,11H2,1H3,(H,20,22). The number of sulfonamides is 1. The number of ether oxygens (including phenoxy) is 1. The van der Waals surface area contributed by atoms with Crippen molar-refractivity contribution in [1.29, 1.82) is 0 Å². The van der Waals surface area contributed by atoms with Crippen LogP contribution < -0.4 is 14.8 Å². The molecule has 2 aromatic carbocycles. The van der Waals surface area contributed by atoms with E-state index >= 15 is 0 Å². The number of carbonyl (C=O) groups is 1. The summed E-state index contributed by atoms with van der Waals surface area (Å²) in [5, 5.41) is 2.80. The van der Waals surface area contributed by atoms with Crippen molar-refractivity contribution >= 4 is 31.9 Å². The topological polar surface area (TPSA) is 84.5 Å². The number of carbonyl (C=O) groups excluding carboxylic acids is 1. The largest absolute Gasteiger partial charge is 0.497 e. The van der Waals surface area contributed by atoms with E-state index in [1.165, 1.54) is 12.1 Å². The number of hydrogen-bond donors (Lipinski definition) is 2. The van der Waals surface area contributed by atoms with Crippen molar-refractivity contribution in [3.63, 3.8) is 0 Å². The van der Waals surface area contributed by atoms with Gasteiger partial charge in [0.05, 0.1) is 17.6 Å². The van der Waals surface area contributed by atoms with Gasteiger partial charge in [0.2, 0.25) is 10.0 Å². The van der Waals surface area contributed by atoms with Gasteiger partial charge < -0.3 is 10.1 Å². The molecule has 0 unspecified atom stereocenters. The monoisotopic (exact) mass is 438 g/mol. The van der Waals surface area contributed by atoms with E-state index in [1.807, 2.05) is 24.3 Å². The van der Waals surface area contributed by atoms with Gasteiger partial charge in [0.15, 0.2) is 0 Å². The zero-order valence-electron chi connectivity index (χ0n) is 14.2. The van der Waals surface area contributed by atoms with Gasteiger partial charge in [-0.3, -0.25) is 4.79 Å². The molecule has 2 aromatic rings. The molecular formula is C18H19BrN2O4S. The lowest BCUT2D eigenvalue weighted by Crippen LogP contribution is -2.27. The van der Waals surface area contributed by atoms with Gasteiger partial charge in [0.25, 0.3) is 5.91 Å². The van der Waals surface area contributed by atoms with E-state index < -0.39 is 10.0 Å². The fourth-order valence-corrected chi connectivity index (χ4v) is 4.11. The summed E-state index contributed by atoms with van der Waals surface area (Å²) in [5.41, 5.74) is 1.19. The number of amides is 1. The Labute approximate surface area is 161 Å². The number of methoxy groups -OCH3 is 1. The number of nitrogens with one attached hydrogen (secondary N) is 2. The molecule has 1 fully saturated rings. The van der Waals surface area contributed by atoms with Crippen LogP contribution in [0.3, 0.4) is 0 Å². The molecule has 1 amide bonds. The van der Waals surface area contributed by atoms with E-state index in [1.54, 1.807) is 13.2 Å². The minimum atomic E-state index is -3.61. The highest BCUT2D eigenvalue weighted by molar-refractivity contribution is 9.10. The summed E-state index contributed by atoms with van der Waals surface area (Å²) in [5.74, 6) is 0.389. The van der Waals surface area contributed by atoms with Gasteiger partial charge in [0.1, 0.15) is 5.75 Å². The average molecular weight is 439 g/mol. The average Bonchev–Trinajstić information content (AvgIpc) is 3.43. The van der Waals surface area contributed by atoms with Crippen molar-refractivity contribution in [2.45, 2.75) is 30.3 Å². The van der Waals surface area contributed by atoms with Crippen molar-refractivity contribution in [3.8, 4) is 5.75 Å². The molecule has 1 saturated carbocycles. The maximum absolute atomic E-state index is 12.5. The highest BCUT2D eigenvalue weighted by Crippen LogP contribution is 2.25. The third kappa shape index (κ3) is 4.63. The predicted octanol–water partition coefficient (Wildman–Crippen LogP) is 2.83. The summed E-state index contributed by atoms with van der Waals surface area (Å²) in [7, 11) is -2.02. The van der Waals surface area contributed by atoms with Crippen molar-refractivity contribution < 1.29 is 17.9 Å². The number of benzene rings is 2. The molecule has 1 aliphatic carbocycles. The summed E-state index contributed by atoms with van der Waals surface area (Å²) >= 11 is 3.31. The van der Waals surface area contributed by atoms with Gasteiger partial charge in [-0.2, -0.15) is 0 Å². The summed E-state index contributed by atoms with van der Waals surface area (Å²) in [6.45, 7) is 0.326. The van der Waals surface area contributed by atoms with E-state index in [0.29, 0.717) is 11.0 Å². The molecule has 8 heteroatoms. The minimum Gasteiger partial charge on any atom is -0.497 e. The molecule has 26 heavy (non-hydrogen) atoms. The SMILES string of the molecule is COc1ccc(CNC(=O)c2cc(S(=O)(=O)NC3CC3)ccc2Br)cc1. The third-order valence-corrected chi connectivity index (χ3v) is 6.21. The highest BCUT2D eigenvalue weighted by Gasteiger charge is 2.28. The quantitative estimate of drug-likeness (QED) is 0.695. The van der Waals surface area contributed by atoms with Gasteiger partial charge in [-0.05, 0) is 64.7 Å². The summed E-state index contributed by atoms with van der Waals surface area (Å²) in [6, 6.07) is 11.8. The number of hydrogen-bond acceptors (Lipinski definition) is 4. The second-order valence-electron chi connectivity index (χ2n) is 6.07. The van der Waals surface area contributed by atoms with Gasteiger partial charge in [-0.25, -0.2) is 13.1 Å². The van der Waals surface area contributed by atoms with Crippen LogP contribution in [-0.2, 0) is 16.6 Å². The van der Waals surface area contributed by atoms with Crippen molar-refractivity contribution in [1.82, 2.24) is 10.0 Å². The summed E-state index contributed by atoms with van der Waals surface area (Å²) in [4.78, 5) is 12.6. The predicted molar refractivity (Wildman–Crippen MR) is 102 cm³/mol. The molecule has 0 aromatic heterocycles. The van der Waals surface area contributed by atoms with Gasteiger partial charge in [0, 0.05) is 17.1 Å². The van der Waals surface area contributed by atoms with Crippen LogP contribution in [0.1, 0.15) is 28.8 Å². The Kier molecular flexibility index (Phi) is 5.64. The first-order valence-electron chi connectivity index (χ1n) is 8.12. The smallest absolute Gasteiger partial charge is 0.252 e. The van der Waals surface area contributed by atoms with Gasteiger partial charge in [-0.1, -0.05) is 12.1 Å². The molecule has 0 heterocycles. The molecule has 3 rings (SSSR count). The minimum absolute atomic E-state index is 0.0102. The second kappa shape index (κ2) is 7.77. The lowest BCUT2D eigenvalue weighted by molar-refractivity contribution is 0.0950. The number of rotatable bonds is 7. The van der Waals surface area contributed by atoms with Crippen LogP contribution in [-0.4, -0.2) is 27.5 Å². The Morgan fingerprint density at radius 2 is 1.88 bits per heavy atom. The Morgan fingerprint density at radius 1 is 1.19 bits per heavy atom. The van der Waals surface area contributed by atoms with Crippen LogP contribution in [0.5, 0.6) is 5.75 Å². The molecule has 0 bridgehead atoms. The lowest BCUT2D eigenvalue weighted by Gasteiger charge is -2.10. The van der Waals surface area contributed by atoms with Crippen molar-refractivity contribution in [2.24, 2.45) is 0 Å². The molecular weight excluding hydrogens is 420 g/mol. The first kappa shape index (κ1) is 18.9. The van der Waals surface area contributed by atoms with Crippen LogP contribution in [0.2, 0.25) is 0 Å². The number of halogens is 1. The van der Waals surface area contributed by atoms with E-state index in [0.717, 1.165) is 24.2 Å². The van der Waals surface area contributed by atoms with Crippen molar-refractivity contribution in [2.75, 3.05) is 7.11 Å². The molecule has 1 aliphatic rings. The van der Waals surface area contributed by atoms with Crippen LogP contribution in [0.4, 0.5) is 0 Å². The summed E-state index contributed by atoms with van der Waals surface area (Å²) in [6.07, 6.45) is 1.70. The zero-order chi connectivity index (χ0) is 18.7. The summed E-state index contributed by atoms with van der Waals surface area (Å²) < 4.78 is 32.9. The molecule has 0 saturated heterocycles. The third-order valence-electron chi connectivity index (χ3n) is 4.00. The zero-order valence-corrected chi connectivity index (χ0v) is 16.6. The first-order valence-corrected chi connectivity index (χ1v) is 10.4. The molecule has 0 aliphatic heterocycles. The normalized spacial score (nSPS) is 14.1. The highest BCUT2D eigenvalue weighted by atomic mass is 79.9. The van der Waals surface area contributed by atoms with Crippen molar-refractivity contribution in [3.05, 3.63) is 58.1 Å². The molecule has 2 N–H and O–H groups in total. The molecule has 138 valence electrons. The van der Waals surface area contributed by atoms with Crippen LogP contribution in [0, 0.1) is 0 Å². The maximum Gasteiger partial charge on any atom is 0.252 e. The molecule has 6 nitrogen and oxygen atoms in total. The fraction of sp³-hybridized carbons (Fsp3) is 0.278. The van der Waals surface area contributed by atoms with Crippen LogP contribution in [0.15, 0.2) is 51.8 Å². The first-order chi connectivity index (χ1) is 12.4. The van der Waals surface area contributed by atoms with E-state index in [9.17, 15) is 13.2 Å². The van der Waals surface area contributed by atoms with E-state index in [-0.39, 0.29) is 22.4 Å². The van der Waals surface area contributed by atoms with E-state index in [2.05, 4.69) is 26.0 Å². The Hall–Kier alpha value is -1.90. The molecule has 0 spiro atoms. The Bertz CT molecular complexity index is 909. The fourth-order valence-electron chi connectivity index (χ4n) is 2.36.